The monoisotopic (exact) mass is 392 g/mol. The van der Waals surface area contributed by atoms with E-state index < -0.39 is 11.7 Å². The van der Waals surface area contributed by atoms with Crippen LogP contribution in [0.3, 0.4) is 0 Å². The van der Waals surface area contributed by atoms with Crippen LogP contribution in [0.1, 0.15) is 36.8 Å². The summed E-state index contributed by atoms with van der Waals surface area (Å²) in [6.07, 6.45) is 0. The number of nitrogens with two attached hydrogens (primary N) is 1. The van der Waals surface area contributed by atoms with Crippen molar-refractivity contribution < 1.29 is 14.0 Å². The van der Waals surface area contributed by atoms with Crippen LogP contribution in [0.15, 0.2) is 24.3 Å². The number of nitrogens with one attached hydrogen (secondary N) is 1. The first-order valence-electron chi connectivity index (χ1n) is 8.62. The Morgan fingerprint density at radius 2 is 1.96 bits per heavy atom. The van der Waals surface area contributed by atoms with Gasteiger partial charge in [-0.15, -0.1) is 0 Å². The quantitative estimate of drug-likeness (QED) is 0.821. The minimum absolute atomic E-state index is 0.190. The Kier molecular flexibility index (Phi) is 4.90. The molecular formula is C19H22ClFN4O2. The van der Waals surface area contributed by atoms with Crippen molar-refractivity contribution in [3.63, 3.8) is 0 Å². The normalized spacial score (nSPS) is 14.0. The van der Waals surface area contributed by atoms with Crippen LogP contribution in [0.2, 0.25) is 5.15 Å². The molecule has 0 spiro atoms. The van der Waals surface area contributed by atoms with Crippen molar-refractivity contribution in [1.82, 2.24) is 14.8 Å². The first-order chi connectivity index (χ1) is 12.6. The van der Waals surface area contributed by atoms with Crippen LogP contribution in [0.4, 0.5) is 9.18 Å². The van der Waals surface area contributed by atoms with Crippen molar-refractivity contribution in [3.8, 4) is 11.1 Å². The van der Waals surface area contributed by atoms with Gasteiger partial charge in [-0.3, -0.25) is 4.79 Å². The van der Waals surface area contributed by atoms with E-state index in [0.717, 1.165) is 0 Å². The predicted molar refractivity (Wildman–Crippen MR) is 102 cm³/mol. The lowest BCUT2D eigenvalue weighted by molar-refractivity contribution is 0.0997. The van der Waals surface area contributed by atoms with Crippen LogP contribution in [0, 0.1) is 5.82 Å². The molecule has 1 aromatic heterocycles. The number of halogens is 2. The average molecular weight is 393 g/mol. The number of amides is 3. The highest BCUT2D eigenvalue weighted by molar-refractivity contribution is 6.33. The number of carbonyl (C=O) groups excluding carboxylic acids is 2. The van der Waals surface area contributed by atoms with E-state index in [2.05, 4.69) is 5.32 Å². The molecule has 0 atom stereocenters. The fraction of sp³-hybridized carbons (Fsp3) is 0.368. The Bertz CT molecular complexity index is 917. The number of fused-ring (bicyclic) bond motifs is 1. The third kappa shape index (κ3) is 3.78. The molecule has 0 aliphatic carbocycles. The van der Waals surface area contributed by atoms with Crippen molar-refractivity contribution >= 4 is 23.5 Å². The maximum absolute atomic E-state index is 13.7. The zero-order valence-corrected chi connectivity index (χ0v) is 16.2. The molecule has 6 nitrogen and oxygen atoms in total. The molecule has 1 aliphatic rings. The summed E-state index contributed by atoms with van der Waals surface area (Å²) in [7, 11) is 0. The molecule has 0 saturated carbocycles. The minimum atomic E-state index is -0.664. The number of benzene rings is 1. The second-order valence-corrected chi connectivity index (χ2v) is 7.97. The molecule has 1 aromatic carbocycles. The molecule has 0 bridgehead atoms. The van der Waals surface area contributed by atoms with Gasteiger partial charge in [0.05, 0.1) is 17.8 Å². The lowest BCUT2D eigenvalue weighted by atomic mass is 10.0. The highest BCUT2D eigenvalue weighted by Crippen LogP contribution is 2.38. The lowest BCUT2D eigenvalue weighted by Crippen LogP contribution is -2.50. The fourth-order valence-electron chi connectivity index (χ4n) is 3.26. The van der Waals surface area contributed by atoms with E-state index in [1.54, 1.807) is 21.6 Å². The standard InChI is InChI=1S/C19H22ClFN4O2/c1-19(2,3)23-18(27)24-7-8-25-13(10-24)15(17(22)26)14(16(25)20)11-5-4-6-12(21)9-11/h4-6,9H,7-8,10H2,1-3H3,(H2,22,26)(H,23,27). The van der Waals surface area contributed by atoms with Crippen molar-refractivity contribution in [2.45, 2.75) is 39.4 Å². The molecular weight excluding hydrogens is 371 g/mol. The Morgan fingerprint density at radius 3 is 2.56 bits per heavy atom. The number of nitrogens with zero attached hydrogens (tertiary/aromatic N) is 2. The predicted octanol–water partition coefficient (Wildman–Crippen LogP) is 3.37. The summed E-state index contributed by atoms with van der Waals surface area (Å²) in [5, 5.41) is 3.23. The molecule has 0 unspecified atom stereocenters. The van der Waals surface area contributed by atoms with Crippen LogP contribution < -0.4 is 11.1 Å². The van der Waals surface area contributed by atoms with Crippen LogP contribution in [-0.2, 0) is 13.1 Å². The number of hydrogen-bond donors (Lipinski definition) is 2. The Morgan fingerprint density at radius 1 is 1.26 bits per heavy atom. The van der Waals surface area contributed by atoms with Crippen LogP contribution in [0.25, 0.3) is 11.1 Å². The summed E-state index contributed by atoms with van der Waals surface area (Å²) < 4.78 is 15.5. The lowest BCUT2D eigenvalue weighted by Gasteiger charge is -2.32. The molecule has 144 valence electrons. The van der Waals surface area contributed by atoms with E-state index in [1.807, 2.05) is 20.8 Å². The molecule has 8 heteroatoms. The zero-order chi connectivity index (χ0) is 19.9. The van der Waals surface area contributed by atoms with Crippen molar-refractivity contribution in [2.75, 3.05) is 6.54 Å². The van der Waals surface area contributed by atoms with Crippen molar-refractivity contribution in [1.29, 1.82) is 0 Å². The summed E-state index contributed by atoms with van der Waals surface area (Å²) >= 11 is 6.53. The van der Waals surface area contributed by atoms with Gasteiger partial charge in [0.2, 0.25) is 0 Å². The molecule has 0 fully saturated rings. The molecule has 1 aliphatic heterocycles. The summed E-state index contributed by atoms with van der Waals surface area (Å²) in [6.45, 7) is 6.72. The van der Waals surface area contributed by atoms with Gasteiger partial charge in [0.1, 0.15) is 11.0 Å². The second kappa shape index (κ2) is 6.88. The van der Waals surface area contributed by atoms with Gasteiger partial charge in [0, 0.05) is 24.2 Å². The number of carbonyl (C=O) groups is 2. The maximum Gasteiger partial charge on any atom is 0.318 e. The van der Waals surface area contributed by atoms with Gasteiger partial charge < -0.3 is 20.5 Å². The zero-order valence-electron chi connectivity index (χ0n) is 15.5. The van der Waals surface area contributed by atoms with E-state index in [-0.39, 0.29) is 23.7 Å². The molecule has 3 N–H and O–H groups in total. The van der Waals surface area contributed by atoms with Gasteiger partial charge in [-0.1, -0.05) is 23.7 Å². The number of hydrogen-bond acceptors (Lipinski definition) is 2. The summed E-state index contributed by atoms with van der Waals surface area (Å²) in [5.41, 5.74) is 6.90. The molecule has 3 amide bonds. The molecule has 2 aromatic rings. The molecule has 0 radical (unpaired) electrons. The number of aromatic nitrogens is 1. The third-order valence-electron chi connectivity index (χ3n) is 4.37. The second-order valence-electron chi connectivity index (χ2n) is 7.62. The van der Waals surface area contributed by atoms with E-state index in [0.29, 0.717) is 35.1 Å². The molecule has 0 saturated heterocycles. The van der Waals surface area contributed by atoms with Gasteiger partial charge in [-0.25, -0.2) is 9.18 Å². The van der Waals surface area contributed by atoms with Crippen molar-refractivity contribution in [3.05, 3.63) is 46.5 Å². The van der Waals surface area contributed by atoms with Crippen molar-refractivity contribution in [2.24, 2.45) is 5.73 Å². The number of rotatable bonds is 2. The molecule has 3 rings (SSSR count). The SMILES string of the molecule is CC(C)(C)NC(=O)N1CCn2c(Cl)c(-c3cccc(F)c3)c(C(N)=O)c2C1. The smallest absolute Gasteiger partial charge is 0.318 e. The van der Waals surface area contributed by atoms with Gasteiger partial charge in [0.25, 0.3) is 5.91 Å². The molecule has 2 heterocycles. The van der Waals surface area contributed by atoms with E-state index >= 15 is 0 Å². The first kappa shape index (κ1) is 19.2. The number of primary amides is 1. The first-order valence-corrected chi connectivity index (χ1v) is 9.00. The Labute approximate surface area is 162 Å². The number of urea groups is 1. The Hall–Kier alpha value is -2.54. The van der Waals surface area contributed by atoms with Gasteiger partial charge in [-0.05, 0) is 38.5 Å². The van der Waals surface area contributed by atoms with Crippen LogP contribution in [-0.4, -0.2) is 33.5 Å². The highest BCUT2D eigenvalue weighted by atomic mass is 35.5. The highest BCUT2D eigenvalue weighted by Gasteiger charge is 2.32. The van der Waals surface area contributed by atoms with E-state index in [1.165, 1.54) is 12.1 Å². The van der Waals surface area contributed by atoms with Gasteiger partial charge >= 0.3 is 6.03 Å². The summed E-state index contributed by atoms with van der Waals surface area (Å²) in [5.74, 6) is -1.10. The maximum atomic E-state index is 13.7. The van der Waals surface area contributed by atoms with Gasteiger partial charge in [0.15, 0.2) is 0 Å². The van der Waals surface area contributed by atoms with E-state index in [9.17, 15) is 14.0 Å². The Balaban J connectivity index is 2.05. The average Bonchev–Trinajstić information content (AvgIpc) is 2.86. The summed E-state index contributed by atoms with van der Waals surface area (Å²) in [6, 6.07) is 5.62. The minimum Gasteiger partial charge on any atom is -0.366 e. The van der Waals surface area contributed by atoms with Gasteiger partial charge in [-0.2, -0.15) is 0 Å². The third-order valence-corrected chi connectivity index (χ3v) is 4.76. The fourth-order valence-corrected chi connectivity index (χ4v) is 3.65. The van der Waals surface area contributed by atoms with Crippen LogP contribution in [0.5, 0.6) is 0 Å². The van der Waals surface area contributed by atoms with E-state index in [4.69, 9.17) is 17.3 Å². The topological polar surface area (TPSA) is 80.4 Å². The molecule has 27 heavy (non-hydrogen) atoms. The summed E-state index contributed by atoms with van der Waals surface area (Å²) in [4.78, 5) is 26.3. The van der Waals surface area contributed by atoms with Crippen LogP contribution >= 0.6 is 11.6 Å². The largest absolute Gasteiger partial charge is 0.366 e.